The van der Waals surface area contributed by atoms with Gasteiger partial charge in [-0.2, -0.15) is 0 Å². The highest BCUT2D eigenvalue weighted by molar-refractivity contribution is 5.92. The van der Waals surface area contributed by atoms with Gasteiger partial charge < -0.3 is 4.74 Å². The molecule has 262 valence electrons. The highest BCUT2D eigenvalue weighted by Gasteiger charge is 2.57. The topological polar surface area (TPSA) is 60.4 Å². The molecule has 5 aliphatic rings. The minimum absolute atomic E-state index is 0.0289. The maximum atomic E-state index is 13.1. The molecule has 0 N–H and O–H groups in total. The first-order valence-electron chi connectivity index (χ1n) is 19.5. The maximum Gasteiger partial charge on any atom is 0.306 e. The van der Waals surface area contributed by atoms with Crippen molar-refractivity contribution in [3.63, 3.8) is 0 Å². The molecular formula is C44H62O4. The van der Waals surface area contributed by atoms with Gasteiger partial charge in [-0.15, -0.1) is 0 Å². The van der Waals surface area contributed by atoms with Crippen molar-refractivity contribution in [1.82, 2.24) is 0 Å². The molecule has 0 bridgehead atoms. The summed E-state index contributed by atoms with van der Waals surface area (Å²) in [6, 6.07) is 10.9. The van der Waals surface area contributed by atoms with Crippen LogP contribution in [0.1, 0.15) is 142 Å². The van der Waals surface area contributed by atoms with Crippen LogP contribution in [0.3, 0.4) is 0 Å². The minimum atomic E-state index is -0.264. The van der Waals surface area contributed by atoms with Crippen LogP contribution in [0.25, 0.3) is 0 Å². The third-order valence-electron chi connectivity index (χ3n) is 13.0. The summed E-state index contributed by atoms with van der Waals surface area (Å²) in [5, 5.41) is 0. The number of carbonyl (C=O) groups is 3. The molecule has 1 aromatic carbocycles. The first-order chi connectivity index (χ1) is 23.2. The summed E-state index contributed by atoms with van der Waals surface area (Å²) >= 11 is 0. The number of hydrogen-bond donors (Lipinski definition) is 0. The van der Waals surface area contributed by atoms with Gasteiger partial charge in [-0.3, -0.25) is 14.4 Å². The van der Waals surface area contributed by atoms with E-state index >= 15 is 0 Å². The van der Waals surface area contributed by atoms with Gasteiger partial charge in [0.05, 0.1) is 0 Å². The van der Waals surface area contributed by atoms with E-state index in [0.717, 1.165) is 57.3 Å². The largest absolute Gasteiger partial charge is 0.458 e. The van der Waals surface area contributed by atoms with Crippen LogP contribution in [0, 0.1) is 34.5 Å². The van der Waals surface area contributed by atoms with Crippen LogP contribution in [0.15, 0.2) is 65.8 Å². The molecule has 5 unspecified atom stereocenters. The number of carbonyl (C=O) groups excluding carboxylic acids is 3. The second-order valence-corrected chi connectivity index (χ2v) is 16.0. The number of unbranched alkanes of at least 4 members (excludes halogenated alkanes) is 3. The lowest BCUT2D eigenvalue weighted by Gasteiger charge is -2.53. The first kappa shape index (κ1) is 36.5. The Bertz CT molecular complexity index is 1330. The molecule has 0 radical (unpaired) electrons. The van der Waals surface area contributed by atoms with E-state index in [2.05, 4.69) is 50.3 Å². The number of rotatable bonds is 13. The lowest BCUT2D eigenvalue weighted by molar-refractivity contribution is -0.150. The Hall–Kier alpha value is -2.75. The quantitative estimate of drug-likeness (QED) is 0.121. The summed E-state index contributed by atoms with van der Waals surface area (Å²) in [5.74, 6) is 2.18. The van der Waals surface area contributed by atoms with Crippen LogP contribution in [0.2, 0.25) is 0 Å². The molecule has 1 aromatic rings. The Balaban J connectivity index is 0.000000236. The third kappa shape index (κ3) is 8.88. The first-order valence-corrected chi connectivity index (χ1v) is 19.5. The van der Waals surface area contributed by atoms with Gasteiger partial charge in [0.1, 0.15) is 6.61 Å². The highest BCUT2D eigenvalue weighted by atomic mass is 16.5. The SMILES string of the molecule is C/C=C\CCCC(=O)OCC(=O)C1CCC2C3CCC4=CC(=O)CCC4(C)C3=CCC12C.c1ccc(CCCCCC2CCCC2)cc1. The summed E-state index contributed by atoms with van der Waals surface area (Å²) in [7, 11) is 0. The van der Waals surface area contributed by atoms with Crippen molar-refractivity contribution in [2.75, 3.05) is 6.61 Å². The van der Waals surface area contributed by atoms with Gasteiger partial charge in [-0.1, -0.05) is 118 Å². The highest BCUT2D eigenvalue weighted by Crippen LogP contribution is 2.64. The molecule has 3 saturated carbocycles. The Morgan fingerprint density at radius 2 is 1.73 bits per heavy atom. The van der Waals surface area contributed by atoms with E-state index in [1.807, 2.05) is 25.2 Å². The summed E-state index contributed by atoms with van der Waals surface area (Å²) < 4.78 is 5.36. The maximum absolute atomic E-state index is 13.1. The molecule has 0 spiro atoms. The van der Waals surface area contributed by atoms with Gasteiger partial charge in [0, 0.05) is 24.2 Å². The normalized spacial score (nSPS) is 29.6. The molecule has 6 rings (SSSR count). The zero-order valence-corrected chi connectivity index (χ0v) is 30.3. The molecule has 0 amide bonds. The zero-order valence-electron chi connectivity index (χ0n) is 30.3. The van der Waals surface area contributed by atoms with Crippen LogP contribution in [-0.4, -0.2) is 24.1 Å². The number of allylic oxidation sites excluding steroid dienone is 6. The molecular weight excluding hydrogens is 592 g/mol. The summed E-state index contributed by atoms with van der Waals surface area (Å²) in [6.45, 7) is 6.51. The van der Waals surface area contributed by atoms with Gasteiger partial charge in [-0.05, 0) is 106 Å². The molecule has 3 fully saturated rings. The number of aryl methyl sites for hydroxylation is 1. The van der Waals surface area contributed by atoms with E-state index < -0.39 is 0 Å². The minimum Gasteiger partial charge on any atom is -0.458 e. The Kier molecular flexibility index (Phi) is 13.1. The number of esters is 1. The standard InChI is InChI=1S/C28H38O4.C16H24/c1-4-5-6-7-8-26(31)32-18-25(30)24-12-11-22-21-10-9-19-17-20(29)13-15-27(19,2)23(21)14-16-28(22,24)3;1-3-9-15(10-4-1)11-5-2-6-12-16-13-7-8-14-16/h4-5,14,17,21-22,24H,6-13,15-16,18H2,1-3H3;1,3-4,9-10,16H,2,5-8,11-14H2/b5-4-;. The van der Waals surface area contributed by atoms with E-state index in [-0.39, 0.29) is 40.9 Å². The molecule has 0 saturated heterocycles. The summed E-state index contributed by atoms with van der Waals surface area (Å²) in [5.41, 5.74) is 4.34. The van der Waals surface area contributed by atoms with Crippen LogP contribution < -0.4 is 0 Å². The number of fused-ring (bicyclic) bond motifs is 5. The zero-order chi connectivity index (χ0) is 34.0. The van der Waals surface area contributed by atoms with Gasteiger partial charge in [0.2, 0.25) is 0 Å². The van der Waals surface area contributed by atoms with Gasteiger partial charge >= 0.3 is 5.97 Å². The van der Waals surface area contributed by atoms with Crippen molar-refractivity contribution in [1.29, 1.82) is 0 Å². The van der Waals surface area contributed by atoms with E-state index in [1.54, 1.807) is 0 Å². The van der Waals surface area contributed by atoms with E-state index in [9.17, 15) is 14.4 Å². The fourth-order valence-corrected chi connectivity index (χ4v) is 10.1. The van der Waals surface area contributed by atoms with Gasteiger partial charge in [0.25, 0.3) is 0 Å². The molecule has 5 atom stereocenters. The fourth-order valence-electron chi connectivity index (χ4n) is 10.1. The molecule has 4 nitrogen and oxygen atoms in total. The van der Waals surface area contributed by atoms with Gasteiger partial charge in [0.15, 0.2) is 11.6 Å². The monoisotopic (exact) mass is 654 g/mol. The number of benzene rings is 1. The lowest BCUT2D eigenvalue weighted by Crippen LogP contribution is -2.45. The summed E-state index contributed by atoms with van der Waals surface area (Å²) in [4.78, 5) is 37.1. The molecule has 0 aliphatic heterocycles. The third-order valence-corrected chi connectivity index (χ3v) is 13.0. The Morgan fingerprint density at radius 3 is 2.50 bits per heavy atom. The van der Waals surface area contributed by atoms with Crippen molar-refractivity contribution < 1.29 is 19.1 Å². The Labute approximate surface area is 291 Å². The average molecular weight is 655 g/mol. The number of Topliss-reactive ketones (excluding diaryl/α,β-unsaturated/α-hetero) is 1. The number of ketones is 2. The van der Waals surface area contributed by atoms with Crippen LogP contribution in [-0.2, 0) is 25.5 Å². The van der Waals surface area contributed by atoms with Crippen LogP contribution in [0.4, 0.5) is 0 Å². The van der Waals surface area contributed by atoms with Crippen LogP contribution in [0.5, 0.6) is 0 Å². The predicted molar refractivity (Wildman–Crippen MR) is 195 cm³/mol. The fraction of sp³-hybridized carbons (Fsp3) is 0.659. The van der Waals surface area contributed by atoms with Crippen molar-refractivity contribution in [2.24, 2.45) is 34.5 Å². The molecule has 4 heteroatoms. The Morgan fingerprint density at radius 1 is 0.938 bits per heavy atom. The summed E-state index contributed by atoms with van der Waals surface area (Å²) in [6.07, 6.45) is 29.9. The average Bonchev–Trinajstić information content (AvgIpc) is 3.74. The second-order valence-electron chi connectivity index (χ2n) is 16.0. The molecule has 48 heavy (non-hydrogen) atoms. The predicted octanol–water partition coefficient (Wildman–Crippen LogP) is 10.9. The smallest absolute Gasteiger partial charge is 0.306 e. The lowest BCUT2D eigenvalue weighted by atomic mass is 9.51. The number of ether oxygens (including phenoxy) is 1. The van der Waals surface area contributed by atoms with Crippen LogP contribution >= 0.6 is 0 Å². The number of hydrogen-bond acceptors (Lipinski definition) is 4. The van der Waals surface area contributed by atoms with Crippen molar-refractivity contribution >= 4 is 17.5 Å². The van der Waals surface area contributed by atoms with E-state index in [0.29, 0.717) is 24.7 Å². The van der Waals surface area contributed by atoms with E-state index in [4.69, 9.17) is 4.74 Å². The molecule has 5 aliphatic carbocycles. The molecule has 0 heterocycles. The van der Waals surface area contributed by atoms with Crippen molar-refractivity contribution in [3.05, 3.63) is 71.3 Å². The second kappa shape index (κ2) is 17.3. The van der Waals surface area contributed by atoms with Crippen molar-refractivity contribution in [3.8, 4) is 0 Å². The van der Waals surface area contributed by atoms with E-state index in [1.165, 1.54) is 74.5 Å². The van der Waals surface area contributed by atoms with Gasteiger partial charge in [-0.25, -0.2) is 0 Å². The van der Waals surface area contributed by atoms with Crippen molar-refractivity contribution in [2.45, 2.75) is 143 Å². The molecule has 0 aromatic heterocycles.